The van der Waals surface area contributed by atoms with Crippen molar-refractivity contribution in [2.45, 2.75) is 12.5 Å². The third-order valence-electron chi connectivity index (χ3n) is 3.29. The van der Waals surface area contributed by atoms with E-state index in [9.17, 15) is 9.50 Å². The fourth-order valence-corrected chi connectivity index (χ4v) is 3.46. The van der Waals surface area contributed by atoms with Gasteiger partial charge in [0.05, 0.1) is 10.4 Å². The number of aliphatic hydroxyl groups excluding tert-OH is 1. The van der Waals surface area contributed by atoms with Crippen LogP contribution in [0, 0.1) is 5.82 Å². The van der Waals surface area contributed by atoms with E-state index >= 15 is 0 Å². The molecule has 1 aromatic heterocycles. The third-order valence-corrected chi connectivity index (χ3v) is 4.54. The Labute approximate surface area is 125 Å². The Morgan fingerprint density at radius 1 is 1.05 bits per heavy atom. The predicted octanol–water partition coefficient (Wildman–Crippen LogP) is 4.97. The van der Waals surface area contributed by atoms with E-state index in [1.54, 1.807) is 18.2 Å². The molecule has 3 rings (SSSR count). The van der Waals surface area contributed by atoms with Crippen molar-refractivity contribution < 1.29 is 9.50 Å². The second-order valence-corrected chi connectivity index (χ2v) is 6.41. The van der Waals surface area contributed by atoms with Gasteiger partial charge in [0.25, 0.3) is 0 Å². The summed E-state index contributed by atoms with van der Waals surface area (Å²) in [4.78, 5) is 1.01. The van der Waals surface area contributed by atoms with Crippen molar-refractivity contribution >= 4 is 33.7 Å². The molecule has 0 aliphatic heterocycles. The van der Waals surface area contributed by atoms with Crippen LogP contribution in [0.4, 0.5) is 4.39 Å². The second kappa shape index (κ2) is 5.52. The highest BCUT2D eigenvalue weighted by molar-refractivity contribution is 7.16. The Kier molecular flexibility index (Phi) is 3.74. The van der Waals surface area contributed by atoms with Crippen LogP contribution >= 0.6 is 22.9 Å². The molecule has 102 valence electrons. The molecule has 0 amide bonds. The SMILES string of the molecule is OC(Cc1ccc(Cl)s1)c1ccc(F)c2ccccc12. The average molecular weight is 307 g/mol. The van der Waals surface area contributed by atoms with Gasteiger partial charge >= 0.3 is 0 Å². The number of hydrogen-bond donors (Lipinski definition) is 1. The van der Waals surface area contributed by atoms with Crippen LogP contribution < -0.4 is 0 Å². The van der Waals surface area contributed by atoms with Crippen molar-refractivity contribution in [1.82, 2.24) is 0 Å². The number of rotatable bonds is 3. The maximum Gasteiger partial charge on any atom is 0.131 e. The van der Waals surface area contributed by atoms with Crippen molar-refractivity contribution in [2.24, 2.45) is 0 Å². The summed E-state index contributed by atoms with van der Waals surface area (Å²) in [6.07, 6.45) is -0.192. The predicted molar refractivity (Wildman–Crippen MR) is 81.9 cm³/mol. The summed E-state index contributed by atoms with van der Waals surface area (Å²) in [7, 11) is 0. The minimum atomic E-state index is -0.671. The molecule has 4 heteroatoms. The zero-order valence-electron chi connectivity index (χ0n) is 10.5. The molecule has 1 atom stereocenters. The molecule has 0 aliphatic rings. The molecule has 1 N–H and O–H groups in total. The van der Waals surface area contributed by atoms with Crippen LogP contribution in [0.5, 0.6) is 0 Å². The Balaban J connectivity index is 1.99. The number of hydrogen-bond acceptors (Lipinski definition) is 2. The van der Waals surface area contributed by atoms with Gasteiger partial charge in [-0.15, -0.1) is 11.3 Å². The molecule has 0 saturated heterocycles. The topological polar surface area (TPSA) is 20.2 Å². The molecule has 0 radical (unpaired) electrons. The lowest BCUT2D eigenvalue weighted by molar-refractivity contribution is 0.181. The zero-order valence-corrected chi connectivity index (χ0v) is 12.1. The van der Waals surface area contributed by atoms with E-state index in [0.717, 1.165) is 15.8 Å². The third kappa shape index (κ3) is 2.57. The minimum Gasteiger partial charge on any atom is -0.388 e. The Bertz CT molecular complexity index is 753. The van der Waals surface area contributed by atoms with Gasteiger partial charge in [-0.2, -0.15) is 0 Å². The van der Waals surface area contributed by atoms with Gasteiger partial charge in [-0.3, -0.25) is 0 Å². The molecule has 0 aliphatic carbocycles. The number of fused-ring (bicyclic) bond motifs is 1. The second-order valence-electron chi connectivity index (χ2n) is 4.61. The summed E-state index contributed by atoms with van der Waals surface area (Å²) in [5, 5.41) is 11.7. The molecule has 0 bridgehead atoms. The van der Waals surface area contributed by atoms with Crippen molar-refractivity contribution in [2.75, 3.05) is 0 Å². The number of aliphatic hydroxyl groups is 1. The first-order chi connectivity index (χ1) is 9.65. The zero-order chi connectivity index (χ0) is 14.1. The summed E-state index contributed by atoms with van der Waals surface area (Å²) < 4.78 is 14.5. The molecule has 0 fully saturated rings. The monoisotopic (exact) mass is 306 g/mol. The highest BCUT2D eigenvalue weighted by atomic mass is 35.5. The first kappa shape index (κ1) is 13.6. The standard InChI is InChI=1S/C16H12ClFOS/c17-16-8-5-10(20-16)9-15(19)13-6-7-14(18)12-4-2-1-3-11(12)13/h1-8,15,19H,9H2. The molecule has 20 heavy (non-hydrogen) atoms. The Hall–Kier alpha value is -1.42. The van der Waals surface area contributed by atoms with E-state index in [4.69, 9.17) is 11.6 Å². The van der Waals surface area contributed by atoms with Crippen LogP contribution in [0.25, 0.3) is 10.8 Å². The lowest BCUT2D eigenvalue weighted by atomic mass is 9.98. The van der Waals surface area contributed by atoms with Crippen LogP contribution in [0.3, 0.4) is 0 Å². The van der Waals surface area contributed by atoms with Crippen molar-refractivity contribution in [3.63, 3.8) is 0 Å². The fourth-order valence-electron chi connectivity index (χ4n) is 2.34. The molecule has 0 saturated carbocycles. The number of thiophene rings is 1. The normalized spacial score (nSPS) is 12.8. The van der Waals surface area contributed by atoms with Crippen molar-refractivity contribution in [3.8, 4) is 0 Å². The van der Waals surface area contributed by atoms with E-state index in [1.165, 1.54) is 17.4 Å². The smallest absolute Gasteiger partial charge is 0.131 e. The molecule has 1 nitrogen and oxygen atoms in total. The number of halogens is 2. The Morgan fingerprint density at radius 3 is 2.50 bits per heavy atom. The summed E-state index contributed by atoms with van der Waals surface area (Å²) in [6, 6.07) is 14.0. The fraction of sp³-hybridized carbons (Fsp3) is 0.125. The van der Waals surface area contributed by atoms with Crippen molar-refractivity contribution in [1.29, 1.82) is 0 Å². The maximum atomic E-state index is 13.8. The van der Waals surface area contributed by atoms with Gasteiger partial charge in [0.15, 0.2) is 0 Å². The Morgan fingerprint density at radius 2 is 1.80 bits per heavy atom. The summed E-state index contributed by atoms with van der Waals surface area (Å²) in [5.41, 5.74) is 0.742. The van der Waals surface area contributed by atoms with Crippen LogP contribution in [-0.4, -0.2) is 5.11 Å². The molecular weight excluding hydrogens is 295 g/mol. The summed E-state index contributed by atoms with van der Waals surface area (Å²) in [6.45, 7) is 0. The van der Waals surface area contributed by atoms with Gasteiger partial charge in [0.1, 0.15) is 5.82 Å². The number of benzene rings is 2. The van der Waals surface area contributed by atoms with Gasteiger partial charge < -0.3 is 5.11 Å². The first-order valence-electron chi connectivity index (χ1n) is 6.24. The van der Waals surface area contributed by atoms with Gasteiger partial charge in [0, 0.05) is 16.7 Å². The minimum absolute atomic E-state index is 0.268. The molecular formula is C16H12ClFOS. The van der Waals surface area contributed by atoms with Crippen molar-refractivity contribution in [3.05, 3.63) is 69.1 Å². The highest BCUT2D eigenvalue weighted by Gasteiger charge is 2.14. The van der Waals surface area contributed by atoms with E-state index in [1.807, 2.05) is 24.3 Å². The van der Waals surface area contributed by atoms with Crippen LogP contribution in [0.15, 0.2) is 48.5 Å². The van der Waals surface area contributed by atoms with Gasteiger partial charge in [0.2, 0.25) is 0 Å². The lowest BCUT2D eigenvalue weighted by Gasteiger charge is -2.13. The summed E-state index contributed by atoms with van der Waals surface area (Å²) in [5.74, 6) is -0.268. The maximum absolute atomic E-state index is 13.8. The van der Waals surface area contributed by atoms with E-state index < -0.39 is 6.10 Å². The van der Waals surface area contributed by atoms with Crippen LogP contribution in [0.1, 0.15) is 16.5 Å². The first-order valence-corrected chi connectivity index (χ1v) is 7.44. The quantitative estimate of drug-likeness (QED) is 0.724. The largest absolute Gasteiger partial charge is 0.388 e. The highest BCUT2D eigenvalue weighted by Crippen LogP contribution is 2.31. The molecule has 1 heterocycles. The van der Waals surface area contributed by atoms with Crippen LogP contribution in [0.2, 0.25) is 4.34 Å². The van der Waals surface area contributed by atoms with Gasteiger partial charge in [-0.1, -0.05) is 41.9 Å². The molecule has 2 aromatic carbocycles. The van der Waals surface area contributed by atoms with Gasteiger partial charge in [-0.25, -0.2) is 4.39 Å². The van der Waals surface area contributed by atoms with E-state index in [2.05, 4.69) is 0 Å². The average Bonchev–Trinajstić information content (AvgIpc) is 2.84. The molecule has 3 aromatic rings. The van der Waals surface area contributed by atoms with E-state index in [-0.39, 0.29) is 5.82 Å². The summed E-state index contributed by atoms with van der Waals surface area (Å²) >= 11 is 7.34. The van der Waals surface area contributed by atoms with Gasteiger partial charge in [-0.05, 0) is 29.1 Å². The lowest BCUT2D eigenvalue weighted by Crippen LogP contribution is -2.02. The molecule has 1 unspecified atom stereocenters. The van der Waals surface area contributed by atoms with Crippen LogP contribution in [-0.2, 0) is 6.42 Å². The van der Waals surface area contributed by atoms with E-state index in [0.29, 0.717) is 16.1 Å². The molecule has 0 spiro atoms.